The smallest absolute Gasteiger partial charge is 0.220 e. The number of benzene rings is 1. The van der Waals surface area contributed by atoms with Crippen molar-refractivity contribution in [3.63, 3.8) is 0 Å². The minimum atomic E-state index is -0.0111. The molecule has 0 spiro atoms. The molecule has 0 radical (unpaired) electrons. The van der Waals surface area contributed by atoms with E-state index in [2.05, 4.69) is 12.2 Å². The fourth-order valence-corrected chi connectivity index (χ4v) is 3.08. The lowest BCUT2D eigenvalue weighted by atomic mass is 9.86. The van der Waals surface area contributed by atoms with Crippen LogP contribution in [-0.4, -0.2) is 24.3 Å². The van der Waals surface area contributed by atoms with Gasteiger partial charge in [-0.25, -0.2) is 0 Å². The van der Waals surface area contributed by atoms with Crippen LogP contribution in [0.25, 0.3) is 0 Å². The second-order valence-corrected chi connectivity index (χ2v) is 6.32. The molecule has 1 fully saturated rings. The second-order valence-electron chi connectivity index (χ2n) is 6.32. The van der Waals surface area contributed by atoms with Crippen molar-refractivity contribution in [2.75, 3.05) is 6.61 Å². The average Bonchev–Trinajstić information content (AvgIpc) is 2.56. The topological polar surface area (TPSA) is 55.4 Å². The second kappa shape index (κ2) is 8.70. The maximum Gasteiger partial charge on any atom is 0.220 e. The summed E-state index contributed by atoms with van der Waals surface area (Å²) < 4.78 is 5.36. The molecule has 2 rings (SSSR count). The van der Waals surface area contributed by atoms with Crippen molar-refractivity contribution >= 4 is 11.7 Å². The summed E-state index contributed by atoms with van der Waals surface area (Å²) in [4.78, 5) is 24.2. The van der Waals surface area contributed by atoms with E-state index in [9.17, 15) is 9.59 Å². The van der Waals surface area contributed by atoms with Crippen LogP contribution in [-0.2, 0) is 4.79 Å². The van der Waals surface area contributed by atoms with Gasteiger partial charge in [0.15, 0.2) is 5.78 Å². The first-order valence-corrected chi connectivity index (χ1v) is 8.65. The van der Waals surface area contributed by atoms with Crippen LogP contribution in [0.1, 0.15) is 62.7 Å². The number of rotatable bonds is 7. The summed E-state index contributed by atoms with van der Waals surface area (Å²) in [6, 6.07) is 7.38. The van der Waals surface area contributed by atoms with Crippen LogP contribution >= 0.6 is 0 Å². The summed E-state index contributed by atoms with van der Waals surface area (Å²) in [5.74, 6) is 1.28. The number of Topliss-reactive ketones (excluding diaryl/α,β-unsaturated/α-hetero) is 1. The predicted molar refractivity (Wildman–Crippen MR) is 90.7 cm³/mol. The van der Waals surface area contributed by atoms with E-state index in [0.717, 1.165) is 12.2 Å². The quantitative estimate of drug-likeness (QED) is 0.779. The van der Waals surface area contributed by atoms with Gasteiger partial charge in [-0.3, -0.25) is 9.59 Å². The van der Waals surface area contributed by atoms with Crippen molar-refractivity contribution in [1.82, 2.24) is 5.32 Å². The summed E-state index contributed by atoms with van der Waals surface area (Å²) in [7, 11) is 0. The maximum atomic E-state index is 12.2. The molecule has 0 saturated heterocycles. The van der Waals surface area contributed by atoms with Crippen molar-refractivity contribution < 1.29 is 14.3 Å². The molecule has 1 aromatic carbocycles. The van der Waals surface area contributed by atoms with Crippen molar-refractivity contribution in [3.8, 4) is 5.75 Å². The van der Waals surface area contributed by atoms with Crippen molar-refractivity contribution in [2.24, 2.45) is 5.92 Å². The van der Waals surface area contributed by atoms with E-state index >= 15 is 0 Å². The fraction of sp³-hybridized carbons (Fsp3) is 0.579. The summed E-state index contributed by atoms with van der Waals surface area (Å²) in [6.07, 6.45) is 5.18. The summed E-state index contributed by atoms with van der Waals surface area (Å²) in [6.45, 7) is 4.72. The Hall–Kier alpha value is -1.84. The molecule has 1 aromatic rings. The van der Waals surface area contributed by atoms with Gasteiger partial charge in [0.25, 0.3) is 0 Å². The highest BCUT2D eigenvalue weighted by Crippen LogP contribution is 2.23. The minimum absolute atomic E-state index is 0.000101. The molecule has 126 valence electrons. The first-order chi connectivity index (χ1) is 11.1. The highest BCUT2D eigenvalue weighted by Gasteiger charge is 2.22. The number of hydrogen-bond donors (Lipinski definition) is 1. The Labute approximate surface area is 138 Å². The maximum absolute atomic E-state index is 12.2. The third-order valence-electron chi connectivity index (χ3n) is 4.52. The van der Waals surface area contributed by atoms with Crippen LogP contribution < -0.4 is 10.1 Å². The normalized spacial score (nSPS) is 20.8. The van der Waals surface area contributed by atoms with Gasteiger partial charge >= 0.3 is 0 Å². The van der Waals surface area contributed by atoms with Gasteiger partial charge in [-0.2, -0.15) is 0 Å². The van der Waals surface area contributed by atoms with E-state index in [1.165, 1.54) is 19.3 Å². The monoisotopic (exact) mass is 317 g/mol. The number of amides is 1. The summed E-state index contributed by atoms with van der Waals surface area (Å²) >= 11 is 0. The standard InChI is InChI=1S/C19H27NO3/c1-3-23-16-10-8-15(9-11-16)18(21)12-13-19(22)20-17-7-5-4-6-14(17)2/h8-11,14,17H,3-7,12-13H2,1-2H3,(H,20,22)/t14-,17-/m0/s1. The van der Waals surface area contributed by atoms with Gasteiger partial charge in [-0.1, -0.05) is 19.8 Å². The molecule has 1 amide bonds. The number of carbonyl (C=O) groups excluding carboxylic acids is 2. The molecular weight excluding hydrogens is 290 g/mol. The molecule has 1 aliphatic carbocycles. The van der Waals surface area contributed by atoms with Crippen molar-refractivity contribution in [2.45, 2.75) is 58.4 Å². The Morgan fingerprint density at radius 1 is 1.13 bits per heavy atom. The lowest BCUT2D eigenvalue weighted by Crippen LogP contribution is -2.41. The van der Waals surface area contributed by atoms with E-state index in [0.29, 0.717) is 18.1 Å². The Bertz CT molecular complexity index is 524. The van der Waals surface area contributed by atoms with Crippen molar-refractivity contribution in [3.05, 3.63) is 29.8 Å². The van der Waals surface area contributed by atoms with Crippen LogP contribution in [0.3, 0.4) is 0 Å². The number of ether oxygens (including phenoxy) is 1. The van der Waals surface area contributed by atoms with Gasteiger partial charge in [-0.05, 0) is 49.9 Å². The fourth-order valence-electron chi connectivity index (χ4n) is 3.08. The molecule has 0 bridgehead atoms. The number of nitrogens with one attached hydrogen (secondary N) is 1. The molecule has 2 atom stereocenters. The largest absolute Gasteiger partial charge is 0.494 e. The molecule has 1 saturated carbocycles. The van der Waals surface area contributed by atoms with E-state index in [1.807, 2.05) is 6.92 Å². The molecule has 4 nitrogen and oxygen atoms in total. The lowest BCUT2D eigenvalue weighted by molar-refractivity contribution is -0.122. The van der Waals surface area contributed by atoms with E-state index in [1.54, 1.807) is 24.3 Å². The van der Waals surface area contributed by atoms with Gasteiger partial charge in [0.05, 0.1) is 6.61 Å². The molecule has 23 heavy (non-hydrogen) atoms. The first-order valence-electron chi connectivity index (χ1n) is 8.65. The molecule has 0 aliphatic heterocycles. The SMILES string of the molecule is CCOc1ccc(C(=O)CCC(=O)N[C@H]2CCCC[C@@H]2C)cc1. The number of carbonyl (C=O) groups is 2. The highest BCUT2D eigenvalue weighted by atomic mass is 16.5. The summed E-state index contributed by atoms with van der Waals surface area (Å²) in [5, 5.41) is 3.09. The van der Waals surface area contributed by atoms with E-state index in [4.69, 9.17) is 4.74 Å². The van der Waals surface area contributed by atoms with Gasteiger partial charge in [0, 0.05) is 24.4 Å². The highest BCUT2D eigenvalue weighted by molar-refractivity contribution is 5.98. The lowest BCUT2D eigenvalue weighted by Gasteiger charge is -2.29. The summed E-state index contributed by atoms with van der Waals surface area (Å²) in [5.41, 5.74) is 0.632. The Balaban J connectivity index is 1.77. The molecule has 1 N–H and O–H groups in total. The van der Waals surface area contributed by atoms with Crippen LogP contribution in [0, 0.1) is 5.92 Å². The third-order valence-corrected chi connectivity index (χ3v) is 4.52. The zero-order chi connectivity index (χ0) is 16.7. The van der Waals surface area contributed by atoms with Crippen molar-refractivity contribution in [1.29, 1.82) is 0 Å². The number of hydrogen-bond acceptors (Lipinski definition) is 3. The first kappa shape index (κ1) is 17.5. The van der Waals surface area contributed by atoms with Crippen LogP contribution in [0.5, 0.6) is 5.75 Å². The van der Waals surface area contributed by atoms with Crippen LogP contribution in [0.4, 0.5) is 0 Å². The molecule has 1 aliphatic rings. The van der Waals surface area contributed by atoms with Crippen LogP contribution in [0.2, 0.25) is 0 Å². The predicted octanol–water partition coefficient (Wildman–Crippen LogP) is 3.74. The third kappa shape index (κ3) is 5.38. The molecule has 0 aromatic heterocycles. The Morgan fingerprint density at radius 3 is 2.48 bits per heavy atom. The van der Waals surface area contributed by atoms with Gasteiger partial charge in [-0.15, -0.1) is 0 Å². The van der Waals surface area contributed by atoms with Crippen LogP contribution in [0.15, 0.2) is 24.3 Å². The van der Waals surface area contributed by atoms with Gasteiger partial charge in [0.1, 0.15) is 5.75 Å². The zero-order valence-corrected chi connectivity index (χ0v) is 14.1. The minimum Gasteiger partial charge on any atom is -0.494 e. The molecule has 0 unspecified atom stereocenters. The van der Waals surface area contributed by atoms with Gasteiger partial charge < -0.3 is 10.1 Å². The molecule has 4 heteroatoms. The Kier molecular flexibility index (Phi) is 6.63. The average molecular weight is 317 g/mol. The van der Waals surface area contributed by atoms with E-state index < -0.39 is 0 Å². The zero-order valence-electron chi connectivity index (χ0n) is 14.1. The van der Waals surface area contributed by atoms with Gasteiger partial charge in [0.2, 0.25) is 5.91 Å². The Morgan fingerprint density at radius 2 is 1.83 bits per heavy atom. The number of ketones is 1. The molecule has 0 heterocycles. The van der Waals surface area contributed by atoms with E-state index in [-0.39, 0.29) is 30.6 Å². The molecular formula is C19H27NO3.